The van der Waals surface area contributed by atoms with Crippen LogP contribution in [0.25, 0.3) is 22.3 Å². The van der Waals surface area contributed by atoms with E-state index in [1.165, 1.54) is 0 Å². The van der Waals surface area contributed by atoms with Gasteiger partial charge in [-0.1, -0.05) is 20.4 Å². The van der Waals surface area contributed by atoms with Crippen LogP contribution in [-0.4, -0.2) is 23.3 Å². The highest BCUT2D eigenvalue weighted by atomic mass is 32.2. The maximum atomic E-state index is 11.6. The molecule has 0 aliphatic heterocycles. The molecule has 0 amide bonds. The number of furan rings is 1. The van der Waals surface area contributed by atoms with Crippen molar-refractivity contribution >= 4 is 28.7 Å². The van der Waals surface area contributed by atoms with Crippen LogP contribution in [0.1, 0.15) is 20.8 Å². The molecule has 0 unspecified atom stereocenters. The van der Waals surface area contributed by atoms with E-state index in [0.717, 1.165) is 32.9 Å². The number of carbonyl (C=O) groups is 1. The standard InChI is InChI=1S/C22H23NO3S/c1-15(2)21(24)25-13-22(3,4)14-27-18-8-7-16-10-19(26-20(16)11-18)17-6-5-9-23-12-17/h5-12H,1,13-14H2,2-4H3. The summed E-state index contributed by atoms with van der Waals surface area (Å²) in [7, 11) is 0. The van der Waals surface area contributed by atoms with Crippen LogP contribution in [0.3, 0.4) is 0 Å². The van der Waals surface area contributed by atoms with Crippen LogP contribution in [0.4, 0.5) is 0 Å². The van der Waals surface area contributed by atoms with Crippen LogP contribution in [-0.2, 0) is 9.53 Å². The van der Waals surface area contributed by atoms with Crippen LogP contribution in [0, 0.1) is 5.41 Å². The number of nitrogens with zero attached hydrogens (tertiary/aromatic N) is 1. The highest BCUT2D eigenvalue weighted by Crippen LogP contribution is 2.33. The normalized spacial score (nSPS) is 11.5. The lowest BCUT2D eigenvalue weighted by Gasteiger charge is -2.23. The summed E-state index contributed by atoms with van der Waals surface area (Å²) in [4.78, 5) is 16.8. The second kappa shape index (κ2) is 8.01. The molecule has 3 aromatic rings. The van der Waals surface area contributed by atoms with E-state index in [0.29, 0.717) is 12.2 Å². The predicted octanol–water partition coefficient (Wildman–Crippen LogP) is 5.73. The zero-order valence-corrected chi connectivity index (χ0v) is 16.6. The SMILES string of the molecule is C=C(C)C(=O)OCC(C)(C)CSc1ccc2cc(-c3cccnc3)oc2c1. The first-order chi connectivity index (χ1) is 12.8. The molecular weight excluding hydrogens is 358 g/mol. The Bertz CT molecular complexity index is 960. The predicted molar refractivity (Wildman–Crippen MR) is 110 cm³/mol. The molecule has 140 valence electrons. The fraction of sp³-hybridized carbons (Fsp3) is 0.273. The number of fused-ring (bicyclic) bond motifs is 1. The quantitative estimate of drug-likeness (QED) is 0.297. The molecule has 0 aliphatic rings. The van der Waals surface area contributed by atoms with Crippen molar-refractivity contribution in [2.24, 2.45) is 5.41 Å². The van der Waals surface area contributed by atoms with Crippen molar-refractivity contribution in [3.8, 4) is 11.3 Å². The molecule has 1 aromatic carbocycles. The van der Waals surface area contributed by atoms with Crippen molar-refractivity contribution in [2.75, 3.05) is 12.4 Å². The van der Waals surface area contributed by atoms with Gasteiger partial charge in [-0.15, -0.1) is 11.8 Å². The van der Waals surface area contributed by atoms with E-state index in [1.807, 2.05) is 18.2 Å². The van der Waals surface area contributed by atoms with Gasteiger partial charge in [0.15, 0.2) is 0 Å². The maximum absolute atomic E-state index is 11.6. The minimum absolute atomic E-state index is 0.144. The van der Waals surface area contributed by atoms with Crippen LogP contribution < -0.4 is 0 Å². The molecule has 2 heterocycles. The highest BCUT2D eigenvalue weighted by molar-refractivity contribution is 7.99. The van der Waals surface area contributed by atoms with Crippen molar-refractivity contribution in [1.29, 1.82) is 0 Å². The van der Waals surface area contributed by atoms with Gasteiger partial charge in [0, 0.05) is 45.0 Å². The summed E-state index contributed by atoms with van der Waals surface area (Å²) in [5.74, 6) is 1.29. The number of ether oxygens (including phenoxy) is 1. The van der Waals surface area contributed by atoms with Crippen LogP contribution in [0.2, 0.25) is 0 Å². The largest absolute Gasteiger partial charge is 0.462 e. The Morgan fingerprint density at radius 3 is 2.81 bits per heavy atom. The summed E-state index contributed by atoms with van der Waals surface area (Å²) in [6.45, 7) is 9.79. The molecule has 27 heavy (non-hydrogen) atoms. The van der Waals surface area contributed by atoms with Gasteiger partial charge in [-0.2, -0.15) is 0 Å². The highest BCUT2D eigenvalue weighted by Gasteiger charge is 2.21. The number of benzene rings is 1. The van der Waals surface area contributed by atoms with Gasteiger partial charge in [-0.05, 0) is 43.3 Å². The zero-order chi connectivity index (χ0) is 19.4. The molecule has 0 fully saturated rings. The Morgan fingerprint density at radius 1 is 1.30 bits per heavy atom. The summed E-state index contributed by atoms with van der Waals surface area (Å²) in [5, 5.41) is 1.06. The van der Waals surface area contributed by atoms with Crippen molar-refractivity contribution in [3.05, 3.63) is 60.9 Å². The summed E-state index contributed by atoms with van der Waals surface area (Å²) in [5.41, 5.74) is 2.09. The van der Waals surface area contributed by atoms with Gasteiger partial charge in [0.1, 0.15) is 11.3 Å². The van der Waals surface area contributed by atoms with Crippen LogP contribution >= 0.6 is 11.8 Å². The lowest BCUT2D eigenvalue weighted by molar-refractivity contribution is -0.141. The number of esters is 1. The number of aromatic nitrogens is 1. The van der Waals surface area contributed by atoms with Crippen molar-refractivity contribution in [3.63, 3.8) is 0 Å². The first-order valence-corrected chi connectivity index (χ1v) is 9.72. The molecule has 0 spiro atoms. The molecule has 0 atom stereocenters. The monoisotopic (exact) mass is 381 g/mol. The third-order valence-electron chi connectivity index (χ3n) is 4.01. The fourth-order valence-electron chi connectivity index (χ4n) is 2.46. The molecule has 0 radical (unpaired) electrons. The number of rotatable bonds is 7. The Morgan fingerprint density at radius 2 is 2.11 bits per heavy atom. The van der Waals surface area contributed by atoms with Crippen molar-refractivity contribution in [2.45, 2.75) is 25.7 Å². The molecule has 0 aliphatic carbocycles. The zero-order valence-electron chi connectivity index (χ0n) is 15.8. The minimum atomic E-state index is -0.340. The molecule has 0 N–H and O–H groups in total. The van der Waals surface area contributed by atoms with Crippen LogP contribution in [0.15, 0.2) is 70.3 Å². The van der Waals surface area contributed by atoms with E-state index in [9.17, 15) is 4.79 Å². The summed E-state index contributed by atoms with van der Waals surface area (Å²) in [6.07, 6.45) is 3.54. The van der Waals surface area contributed by atoms with Gasteiger partial charge in [0.2, 0.25) is 0 Å². The van der Waals surface area contributed by atoms with Crippen molar-refractivity contribution in [1.82, 2.24) is 4.98 Å². The molecule has 0 bridgehead atoms. The molecule has 4 nitrogen and oxygen atoms in total. The molecular formula is C22H23NO3S. The Hall–Kier alpha value is -2.53. The number of pyridine rings is 1. The fourth-order valence-corrected chi connectivity index (χ4v) is 3.45. The Kier molecular flexibility index (Phi) is 5.71. The summed E-state index contributed by atoms with van der Waals surface area (Å²) < 4.78 is 11.3. The van der Waals surface area contributed by atoms with Gasteiger partial charge < -0.3 is 9.15 Å². The second-order valence-corrected chi connectivity index (χ2v) is 8.41. The Labute approximate surface area is 163 Å². The maximum Gasteiger partial charge on any atom is 0.333 e. The van der Waals surface area contributed by atoms with E-state index in [-0.39, 0.29) is 11.4 Å². The summed E-state index contributed by atoms with van der Waals surface area (Å²) >= 11 is 1.72. The lowest BCUT2D eigenvalue weighted by atomic mass is 9.98. The van der Waals surface area contributed by atoms with E-state index in [2.05, 4.69) is 43.6 Å². The average molecular weight is 381 g/mol. The first kappa shape index (κ1) is 19.2. The third-order valence-corrected chi connectivity index (χ3v) is 5.52. The molecule has 0 saturated carbocycles. The smallest absolute Gasteiger partial charge is 0.333 e. The average Bonchev–Trinajstić information content (AvgIpc) is 3.08. The lowest BCUT2D eigenvalue weighted by Crippen LogP contribution is -2.24. The Balaban J connectivity index is 1.67. The molecule has 0 saturated heterocycles. The second-order valence-electron chi connectivity index (χ2n) is 7.36. The first-order valence-electron chi connectivity index (χ1n) is 8.73. The van der Waals surface area contributed by atoms with Crippen LogP contribution in [0.5, 0.6) is 0 Å². The van der Waals surface area contributed by atoms with Crippen molar-refractivity contribution < 1.29 is 13.9 Å². The van der Waals surface area contributed by atoms with E-state index < -0.39 is 0 Å². The number of hydrogen-bond acceptors (Lipinski definition) is 5. The number of thioether (sulfide) groups is 1. The number of hydrogen-bond donors (Lipinski definition) is 0. The van der Waals surface area contributed by atoms with Gasteiger partial charge in [0.25, 0.3) is 0 Å². The van der Waals surface area contributed by atoms with Gasteiger partial charge in [-0.25, -0.2) is 4.79 Å². The van der Waals surface area contributed by atoms with E-state index in [1.54, 1.807) is 31.1 Å². The molecule has 5 heteroatoms. The topological polar surface area (TPSA) is 52.3 Å². The van der Waals surface area contributed by atoms with Gasteiger partial charge in [-0.3, -0.25) is 4.98 Å². The van der Waals surface area contributed by atoms with E-state index in [4.69, 9.17) is 9.15 Å². The molecule has 2 aromatic heterocycles. The summed E-state index contributed by atoms with van der Waals surface area (Å²) in [6, 6.07) is 12.1. The molecule has 3 rings (SSSR count). The van der Waals surface area contributed by atoms with E-state index >= 15 is 0 Å². The third kappa shape index (κ3) is 5.01. The number of carbonyl (C=O) groups excluding carboxylic acids is 1. The van der Waals surface area contributed by atoms with Gasteiger partial charge in [0.05, 0.1) is 6.61 Å². The van der Waals surface area contributed by atoms with Gasteiger partial charge >= 0.3 is 5.97 Å². The minimum Gasteiger partial charge on any atom is -0.462 e.